The Bertz CT molecular complexity index is 1070. The molecule has 26 heavy (non-hydrogen) atoms. The van der Waals surface area contributed by atoms with Crippen molar-refractivity contribution in [1.82, 2.24) is 9.55 Å². The third kappa shape index (κ3) is 3.83. The van der Waals surface area contributed by atoms with Gasteiger partial charge in [0.2, 0.25) is 0 Å². The Morgan fingerprint density at radius 2 is 2.04 bits per heavy atom. The van der Waals surface area contributed by atoms with Crippen molar-refractivity contribution >= 4 is 71.4 Å². The van der Waals surface area contributed by atoms with Crippen molar-refractivity contribution < 1.29 is 9.53 Å². The number of thioether (sulfide) groups is 1. The molecule has 1 heterocycles. The number of rotatable bonds is 3. The van der Waals surface area contributed by atoms with Crippen molar-refractivity contribution in [3.63, 3.8) is 0 Å². The summed E-state index contributed by atoms with van der Waals surface area (Å²) in [6.45, 7) is 0. The number of aromatic nitrogens is 2. The molecule has 0 saturated carbocycles. The lowest BCUT2D eigenvalue weighted by Gasteiger charge is -2.15. The molecule has 0 radical (unpaired) electrons. The fourth-order valence-corrected chi connectivity index (χ4v) is 4.51. The second-order valence-corrected chi connectivity index (χ2v) is 8.23. The molecule has 0 aliphatic rings. The van der Waals surface area contributed by atoms with Crippen LogP contribution in [0, 0.1) is 0 Å². The van der Waals surface area contributed by atoms with Crippen molar-refractivity contribution in [2.75, 3.05) is 7.11 Å². The van der Waals surface area contributed by atoms with E-state index in [1.165, 1.54) is 11.7 Å². The predicted molar refractivity (Wildman–Crippen MR) is 111 cm³/mol. The van der Waals surface area contributed by atoms with E-state index in [1.54, 1.807) is 30.3 Å². The van der Waals surface area contributed by atoms with Gasteiger partial charge in [0.1, 0.15) is 5.82 Å². The topological polar surface area (TPSA) is 61.2 Å². The SMILES string of the molecule is COC(=O)SCc1nc2c(Br)cc(Br)cc2c(=O)n1-c1ccccc1Cl. The van der Waals surface area contributed by atoms with E-state index in [0.717, 1.165) is 16.2 Å². The van der Waals surface area contributed by atoms with Gasteiger partial charge < -0.3 is 4.74 Å². The van der Waals surface area contributed by atoms with E-state index in [4.69, 9.17) is 11.6 Å². The normalized spacial score (nSPS) is 10.9. The molecule has 0 aliphatic carbocycles. The Balaban J connectivity index is 2.32. The number of para-hydroxylation sites is 1. The maximum Gasteiger partial charge on any atom is 0.367 e. The van der Waals surface area contributed by atoms with Crippen LogP contribution in [0.2, 0.25) is 5.02 Å². The molecule has 9 heteroatoms. The first-order chi connectivity index (χ1) is 12.4. The van der Waals surface area contributed by atoms with Gasteiger partial charge in [0.05, 0.1) is 34.5 Å². The van der Waals surface area contributed by atoms with E-state index >= 15 is 0 Å². The molecule has 3 rings (SSSR count). The first-order valence-corrected chi connectivity index (χ1v) is 10.2. The summed E-state index contributed by atoms with van der Waals surface area (Å²) in [5, 5.41) is 0.382. The quantitative estimate of drug-likeness (QED) is 0.425. The average Bonchev–Trinajstić information content (AvgIpc) is 2.61. The molecule has 5 nitrogen and oxygen atoms in total. The minimum Gasteiger partial charge on any atom is -0.461 e. The number of benzene rings is 2. The van der Waals surface area contributed by atoms with E-state index in [0.29, 0.717) is 31.9 Å². The van der Waals surface area contributed by atoms with Crippen LogP contribution < -0.4 is 5.56 Å². The van der Waals surface area contributed by atoms with Crippen LogP contribution in [0.3, 0.4) is 0 Å². The molecule has 1 aromatic heterocycles. The molecule has 0 saturated heterocycles. The van der Waals surface area contributed by atoms with E-state index in [-0.39, 0.29) is 11.3 Å². The van der Waals surface area contributed by atoms with E-state index in [1.807, 2.05) is 6.07 Å². The van der Waals surface area contributed by atoms with Gasteiger partial charge in [-0.15, -0.1) is 0 Å². The van der Waals surface area contributed by atoms with Crippen molar-refractivity contribution in [2.24, 2.45) is 0 Å². The van der Waals surface area contributed by atoms with Crippen molar-refractivity contribution in [3.8, 4) is 5.69 Å². The zero-order valence-corrected chi connectivity index (χ0v) is 18.1. The molecule has 3 aromatic rings. The molecular weight excluding hydrogens is 508 g/mol. The molecule has 0 spiro atoms. The summed E-state index contributed by atoms with van der Waals surface area (Å²) in [6, 6.07) is 10.5. The molecule has 0 amide bonds. The number of halogens is 3. The second-order valence-electron chi connectivity index (χ2n) is 5.15. The Morgan fingerprint density at radius 3 is 2.73 bits per heavy atom. The molecule has 0 aliphatic heterocycles. The summed E-state index contributed by atoms with van der Waals surface area (Å²) in [5.41, 5.74) is 0.748. The number of ether oxygens (including phenoxy) is 1. The van der Waals surface area contributed by atoms with E-state index < -0.39 is 5.30 Å². The third-order valence-corrected chi connectivity index (χ3v) is 5.73. The van der Waals surface area contributed by atoms with Gasteiger partial charge >= 0.3 is 5.30 Å². The van der Waals surface area contributed by atoms with Gasteiger partial charge in [-0.1, -0.05) is 39.7 Å². The van der Waals surface area contributed by atoms with Crippen molar-refractivity contribution in [3.05, 3.63) is 66.5 Å². The predicted octanol–water partition coefficient (Wildman–Crippen LogP) is 5.56. The number of carbonyl (C=O) groups excluding carboxylic acids is 1. The summed E-state index contributed by atoms with van der Waals surface area (Å²) in [5.74, 6) is 0.556. The maximum absolute atomic E-state index is 13.2. The Labute approximate surface area is 175 Å². The molecule has 2 aromatic carbocycles. The standard InChI is InChI=1S/C17H11Br2ClN2O3S/c1-25-17(24)26-8-14-21-15-10(6-9(18)7-11(15)19)16(23)22(14)13-5-3-2-4-12(13)20/h2-7H,8H2,1H3. The van der Waals surface area contributed by atoms with Crippen LogP contribution in [0.25, 0.3) is 16.6 Å². The van der Waals surface area contributed by atoms with E-state index in [2.05, 4.69) is 41.6 Å². The van der Waals surface area contributed by atoms with Gasteiger partial charge in [0.25, 0.3) is 5.56 Å². The largest absolute Gasteiger partial charge is 0.461 e. The molecule has 0 N–H and O–H groups in total. The summed E-state index contributed by atoms with van der Waals surface area (Å²) in [7, 11) is 1.30. The number of hydrogen-bond donors (Lipinski definition) is 0. The first-order valence-electron chi connectivity index (χ1n) is 7.28. The number of fused-ring (bicyclic) bond motifs is 1. The van der Waals surface area contributed by atoms with Crippen LogP contribution in [-0.2, 0) is 10.5 Å². The Hall–Kier alpha value is -1.35. The summed E-state index contributed by atoms with van der Waals surface area (Å²) < 4.78 is 7.52. The van der Waals surface area contributed by atoms with Gasteiger partial charge in [-0.3, -0.25) is 9.36 Å². The van der Waals surface area contributed by atoms with Crippen LogP contribution in [-0.4, -0.2) is 22.0 Å². The minimum atomic E-state index is -0.458. The third-order valence-electron chi connectivity index (χ3n) is 3.54. The van der Waals surface area contributed by atoms with Gasteiger partial charge in [-0.25, -0.2) is 9.78 Å². The lowest BCUT2D eigenvalue weighted by molar-refractivity contribution is 0.200. The van der Waals surface area contributed by atoms with Crippen LogP contribution >= 0.6 is 55.2 Å². The summed E-state index contributed by atoms with van der Waals surface area (Å²) in [6.07, 6.45) is 0. The van der Waals surface area contributed by atoms with Crippen LogP contribution in [0.1, 0.15) is 5.82 Å². The van der Waals surface area contributed by atoms with Crippen molar-refractivity contribution in [2.45, 2.75) is 5.75 Å². The summed E-state index contributed by atoms with van der Waals surface area (Å²) >= 11 is 14.1. The zero-order valence-electron chi connectivity index (χ0n) is 13.3. The van der Waals surface area contributed by atoms with Gasteiger partial charge in [-0.05, 0) is 52.0 Å². The van der Waals surface area contributed by atoms with Crippen LogP contribution in [0.4, 0.5) is 4.79 Å². The van der Waals surface area contributed by atoms with Gasteiger partial charge in [0, 0.05) is 8.95 Å². The van der Waals surface area contributed by atoms with E-state index in [9.17, 15) is 9.59 Å². The lowest BCUT2D eigenvalue weighted by Crippen LogP contribution is -2.24. The average molecular weight is 519 g/mol. The lowest BCUT2D eigenvalue weighted by atomic mass is 10.2. The highest BCUT2D eigenvalue weighted by molar-refractivity contribution is 9.11. The highest BCUT2D eigenvalue weighted by atomic mass is 79.9. The zero-order chi connectivity index (χ0) is 18.8. The molecular formula is C17H11Br2ClN2O3S. The fraction of sp³-hybridized carbons (Fsp3) is 0.118. The minimum absolute atomic E-state index is 0.158. The number of carbonyl (C=O) groups is 1. The Kier molecular flexibility index (Phi) is 6.06. The number of hydrogen-bond acceptors (Lipinski definition) is 5. The molecule has 0 atom stereocenters. The highest BCUT2D eigenvalue weighted by Crippen LogP contribution is 2.28. The second kappa shape index (κ2) is 8.12. The first kappa shape index (κ1) is 19.4. The van der Waals surface area contributed by atoms with Gasteiger partial charge in [0.15, 0.2) is 0 Å². The van der Waals surface area contributed by atoms with Crippen molar-refractivity contribution in [1.29, 1.82) is 0 Å². The molecule has 0 fully saturated rings. The maximum atomic E-state index is 13.2. The van der Waals surface area contributed by atoms with Crippen LogP contribution in [0.5, 0.6) is 0 Å². The fourth-order valence-electron chi connectivity index (χ4n) is 2.42. The smallest absolute Gasteiger partial charge is 0.367 e. The van der Waals surface area contributed by atoms with Crippen LogP contribution in [0.15, 0.2) is 50.1 Å². The number of nitrogens with zero attached hydrogens (tertiary/aromatic N) is 2. The monoisotopic (exact) mass is 516 g/mol. The molecule has 134 valence electrons. The highest BCUT2D eigenvalue weighted by Gasteiger charge is 2.18. The molecule has 0 bridgehead atoms. The summed E-state index contributed by atoms with van der Waals surface area (Å²) in [4.78, 5) is 29.4. The van der Waals surface area contributed by atoms with Gasteiger partial charge in [-0.2, -0.15) is 0 Å². The number of methoxy groups -OCH3 is 1. The Morgan fingerprint density at radius 1 is 1.31 bits per heavy atom. The molecule has 0 unspecified atom stereocenters.